The number of aliphatic hydroxyl groups excluding tert-OH is 1. The molecule has 8 heteroatoms. The number of aliphatic hydroxyl groups is 1. The molecule has 3 amide bonds. The fraction of sp³-hybridized carbons (Fsp3) is 0.188. The number of rotatable bonds is 7. The van der Waals surface area contributed by atoms with Gasteiger partial charge in [0.2, 0.25) is 11.8 Å². The summed E-state index contributed by atoms with van der Waals surface area (Å²) in [5, 5.41) is 18.3. The molecule has 24 heavy (non-hydrogen) atoms. The van der Waals surface area contributed by atoms with E-state index in [1.54, 1.807) is 41.8 Å². The van der Waals surface area contributed by atoms with Gasteiger partial charge in [-0.05, 0) is 29.1 Å². The number of thiophene rings is 1. The molecule has 1 heterocycles. The summed E-state index contributed by atoms with van der Waals surface area (Å²) in [4.78, 5) is 35.6. The van der Waals surface area contributed by atoms with E-state index in [1.165, 1.54) is 11.3 Å². The second-order valence-corrected chi connectivity index (χ2v) is 5.79. The molecule has 7 nitrogen and oxygen atoms in total. The third-order valence-corrected chi connectivity index (χ3v) is 3.86. The normalized spacial score (nSPS) is 10.0. The average molecular weight is 347 g/mol. The fourth-order valence-corrected chi connectivity index (χ4v) is 2.49. The van der Waals surface area contributed by atoms with Crippen LogP contribution in [-0.2, 0) is 16.2 Å². The van der Waals surface area contributed by atoms with Crippen LogP contribution in [0, 0.1) is 0 Å². The van der Waals surface area contributed by atoms with Gasteiger partial charge in [-0.25, -0.2) is 0 Å². The van der Waals surface area contributed by atoms with Gasteiger partial charge < -0.3 is 21.1 Å². The highest BCUT2D eigenvalue weighted by Crippen LogP contribution is 2.10. The van der Waals surface area contributed by atoms with Gasteiger partial charge in [-0.3, -0.25) is 14.4 Å². The molecule has 0 atom stereocenters. The Labute approximate surface area is 142 Å². The van der Waals surface area contributed by atoms with Crippen LogP contribution in [0.3, 0.4) is 0 Å². The minimum atomic E-state index is -0.459. The molecule has 0 fully saturated rings. The Morgan fingerprint density at radius 1 is 1.00 bits per heavy atom. The SMILES string of the molecule is O=C(CNC(=O)c1cccs1)NCC(=O)Nc1cccc(CO)c1. The van der Waals surface area contributed by atoms with Crippen LogP contribution in [0.4, 0.5) is 5.69 Å². The smallest absolute Gasteiger partial charge is 0.261 e. The molecular formula is C16H17N3O4S. The van der Waals surface area contributed by atoms with Crippen LogP contribution in [0.25, 0.3) is 0 Å². The molecule has 0 aliphatic carbocycles. The average Bonchev–Trinajstić information content (AvgIpc) is 3.12. The first-order valence-corrected chi connectivity index (χ1v) is 8.04. The van der Waals surface area contributed by atoms with Crippen LogP contribution in [0.1, 0.15) is 15.2 Å². The molecule has 4 N–H and O–H groups in total. The second-order valence-electron chi connectivity index (χ2n) is 4.84. The Morgan fingerprint density at radius 3 is 2.50 bits per heavy atom. The molecule has 0 aliphatic heterocycles. The molecule has 1 aromatic carbocycles. The number of amides is 3. The lowest BCUT2D eigenvalue weighted by molar-refractivity contribution is -0.123. The lowest BCUT2D eigenvalue weighted by Crippen LogP contribution is -2.40. The molecular weight excluding hydrogens is 330 g/mol. The molecule has 0 unspecified atom stereocenters. The Kier molecular flexibility index (Phi) is 6.47. The molecule has 2 rings (SSSR count). The first-order chi connectivity index (χ1) is 11.6. The number of anilines is 1. The second kappa shape index (κ2) is 8.80. The van der Waals surface area contributed by atoms with Crippen molar-refractivity contribution in [3.05, 3.63) is 52.2 Å². The largest absolute Gasteiger partial charge is 0.392 e. The first-order valence-electron chi connectivity index (χ1n) is 7.16. The van der Waals surface area contributed by atoms with Gasteiger partial charge >= 0.3 is 0 Å². The zero-order valence-electron chi connectivity index (χ0n) is 12.7. The van der Waals surface area contributed by atoms with E-state index in [4.69, 9.17) is 5.11 Å². The summed E-state index contributed by atoms with van der Waals surface area (Å²) < 4.78 is 0. The maximum Gasteiger partial charge on any atom is 0.261 e. The van der Waals surface area contributed by atoms with Crippen LogP contribution >= 0.6 is 11.3 Å². The van der Waals surface area contributed by atoms with Gasteiger partial charge in [0.05, 0.1) is 24.6 Å². The number of carbonyl (C=O) groups excluding carboxylic acids is 3. The van der Waals surface area contributed by atoms with Gasteiger partial charge in [0.15, 0.2) is 0 Å². The van der Waals surface area contributed by atoms with Gasteiger partial charge in [0.25, 0.3) is 5.91 Å². The van der Waals surface area contributed by atoms with E-state index in [0.29, 0.717) is 16.1 Å². The Morgan fingerprint density at radius 2 is 1.79 bits per heavy atom. The number of nitrogens with one attached hydrogen (secondary N) is 3. The van der Waals surface area contributed by atoms with E-state index in [0.717, 1.165) is 0 Å². The highest BCUT2D eigenvalue weighted by Gasteiger charge is 2.10. The molecule has 0 aliphatic rings. The van der Waals surface area contributed by atoms with Crippen molar-refractivity contribution in [3.8, 4) is 0 Å². The Hall–Kier alpha value is -2.71. The number of benzene rings is 1. The molecule has 0 spiro atoms. The summed E-state index contributed by atoms with van der Waals surface area (Å²) in [7, 11) is 0. The van der Waals surface area contributed by atoms with Crippen molar-refractivity contribution in [2.24, 2.45) is 0 Å². The van der Waals surface area contributed by atoms with E-state index in [2.05, 4.69) is 16.0 Å². The van der Waals surface area contributed by atoms with E-state index < -0.39 is 11.8 Å². The minimum Gasteiger partial charge on any atom is -0.392 e. The highest BCUT2D eigenvalue weighted by molar-refractivity contribution is 7.12. The maximum atomic E-state index is 11.8. The monoisotopic (exact) mass is 347 g/mol. The van der Waals surface area contributed by atoms with E-state index in [1.807, 2.05) is 0 Å². The third kappa shape index (κ3) is 5.49. The van der Waals surface area contributed by atoms with Crippen molar-refractivity contribution in [1.82, 2.24) is 10.6 Å². The zero-order valence-corrected chi connectivity index (χ0v) is 13.6. The van der Waals surface area contributed by atoms with Crippen LogP contribution in [-0.4, -0.2) is 35.9 Å². The quantitative estimate of drug-likeness (QED) is 0.592. The summed E-state index contributed by atoms with van der Waals surface area (Å²) in [5.74, 6) is -1.19. The lowest BCUT2D eigenvalue weighted by Gasteiger charge is -2.08. The lowest BCUT2D eigenvalue weighted by atomic mass is 10.2. The van der Waals surface area contributed by atoms with Crippen LogP contribution in [0.15, 0.2) is 41.8 Å². The number of hydrogen-bond acceptors (Lipinski definition) is 5. The topological polar surface area (TPSA) is 108 Å². The van der Waals surface area contributed by atoms with E-state index in [-0.39, 0.29) is 25.6 Å². The summed E-state index contributed by atoms with van der Waals surface area (Å²) >= 11 is 1.28. The van der Waals surface area contributed by atoms with Crippen LogP contribution in [0.2, 0.25) is 0 Å². The van der Waals surface area contributed by atoms with Crippen LogP contribution < -0.4 is 16.0 Å². The summed E-state index contributed by atoms with van der Waals surface area (Å²) in [5.41, 5.74) is 1.21. The van der Waals surface area contributed by atoms with Crippen molar-refractivity contribution in [2.75, 3.05) is 18.4 Å². The Bertz CT molecular complexity index is 716. The highest BCUT2D eigenvalue weighted by atomic mass is 32.1. The third-order valence-electron chi connectivity index (χ3n) is 2.99. The van der Waals surface area contributed by atoms with Gasteiger partial charge in [-0.2, -0.15) is 0 Å². The van der Waals surface area contributed by atoms with Gasteiger partial charge in [0.1, 0.15) is 0 Å². The number of carbonyl (C=O) groups is 3. The fourth-order valence-electron chi connectivity index (χ4n) is 1.85. The summed E-state index contributed by atoms with van der Waals surface area (Å²) in [6.07, 6.45) is 0. The molecule has 0 bridgehead atoms. The molecule has 2 aromatic rings. The van der Waals surface area contributed by atoms with Gasteiger partial charge in [-0.1, -0.05) is 18.2 Å². The Balaban J connectivity index is 1.71. The molecule has 126 valence electrons. The minimum absolute atomic E-state index is 0.121. The van der Waals surface area contributed by atoms with Gasteiger partial charge in [-0.15, -0.1) is 11.3 Å². The molecule has 1 aromatic heterocycles. The molecule has 0 saturated heterocycles. The van der Waals surface area contributed by atoms with Crippen molar-refractivity contribution in [1.29, 1.82) is 0 Å². The predicted molar refractivity (Wildman–Crippen MR) is 90.7 cm³/mol. The standard InChI is InChI=1S/C16H17N3O4S/c20-10-11-3-1-4-12(7-11)19-15(22)9-17-14(21)8-18-16(23)13-5-2-6-24-13/h1-7,20H,8-10H2,(H,17,21)(H,18,23)(H,19,22). The zero-order chi connectivity index (χ0) is 17.4. The summed E-state index contributed by atoms with van der Waals surface area (Å²) in [6, 6.07) is 10.2. The van der Waals surface area contributed by atoms with Gasteiger partial charge in [0, 0.05) is 5.69 Å². The van der Waals surface area contributed by atoms with Crippen molar-refractivity contribution >= 4 is 34.7 Å². The first kappa shape index (κ1) is 17.6. The van der Waals surface area contributed by atoms with Crippen molar-refractivity contribution in [2.45, 2.75) is 6.61 Å². The van der Waals surface area contributed by atoms with Crippen LogP contribution in [0.5, 0.6) is 0 Å². The molecule has 0 radical (unpaired) electrons. The predicted octanol–water partition coefficient (Wildman–Crippen LogP) is 0.725. The van der Waals surface area contributed by atoms with E-state index >= 15 is 0 Å². The van der Waals surface area contributed by atoms with Crippen molar-refractivity contribution < 1.29 is 19.5 Å². The maximum absolute atomic E-state index is 11.8. The summed E-state index contributed by atoms with van der Waals surface area (Å²) in [6.45, 7) is -0.536. The van der Waals surface area contributed by atoms with E-state index in [9.17, 15) is 14.4 Å². The number of hydrogen-bond donors (Lipinski definition) is 4. The molecule has 0 saturated carbocycles. The van der Waals surface area contributed by atoms with Crippen molar-refractivity contribution in [3.63, 3.8) is 0 Å².